The van der Waals surface area contributed by atoms with E-state index in [1.165, 1.54) is 76.5 Å². The van der Waals surface area contributed by atoms with E-state index in [1.807, 2.05) is 12.1 Å². The molecule has 0 bridgehead atoms. The van der Waals surface area contributed by atoms with Crippen molar-refractivity contribution in [2.45, 2.75) is 0 Å². The molecular weight excluding hydrogens is 569 g/mol. The molecule has 0 radical (unpaired) electrons. The standard InChI is InChI=1S/C46H28O/c1-2-12-33-31(11-1)27-41(35-14-4-3-13-34(33)35)29-21-23-30(24-22-29)45-37-16-5-7-18-39(37)46(40-19-8-6-17-38(40)45)32-25-26-44-42(28-32)36-15-9-10-20-43(36)47-44/h1-28H. The third kappa shape index (κ3) is 3.97. The fourth-order valence-electron chi connectivity index (χ4n) is 7.74. The first kappa shape index (κ1) is 26.1. The summed E-state index contributed by atoms with van der Waals surface area (Å²) >= 11 is 0. The molecule has 1 heterocycles. The van der Waals surface area contributed by atoms with Gasteiger partial charge in [-0.15, -0.1) is 0 Å². The maximum atomic E-state index is 6.18. The fourth-order valence-corrected chi connectivity index (χ4v) is 7.74. The highest BCUT2D eigenvalue weighted by Gasteiger charge is 2.18. The molecule has 0 unspecified atom stereocenters. The predicted molar refractivity (Wildman–Crippen MR) is 200 cm³/mol. The maximum Gasteiger partial charge on any atom is 0.135 e. The average Bonchev–Trinajstić information content (AvgIpc) is 3.51. The predicted octanol–water partition coefficient (Wildman–Crippen LogP) is 13.2. The van der Waals surface area contributed by atoms with Crippen molar-refractivity contribution < 1.29 is 4.42 Å². The SMILES string of the molecule is c1ccc2c(c1)cc(-c1ccc(-c3c4ccccc4c(-c4ccc5oc6ccccc6c5c4)c4ccccc34)cc1)c1ccccc12. The first-order valence-electron chi connectivity index (χ1n) is 16.2. The van der Waals surface area contributed by atoms with Crippen LogP contribution in [0.2, 0.25) is 0 Å². The molecule has 1 aromatic heterocycles. The molecule has 0 aliphatic heterocycles. The van der Waals surface area contributed by atoms with Gasteiger partial charge in [0.25, 0.3) is 0 Å². The Morgan fingerprint density at radius 2 is 0.745 bits per heavy atom. The Hall–Kier alpha value is -6.18. The molecule has 0 aliphatic rings. The first-order valence-corrected chi connectivity index (χ1v) is 16.2. The van der Waals surface area contributed by atoms with Crippen LogP contribution in [0.3, 0.4) is 0 Å². The molecule has 1 heteroatoms. The van der Waals surface area contributed by atoms with Gasteiger partial charge < -0.3 is 4.42 Å². The van der Waals surface area contributed by atoms with Crippen LogP contribution in [-0.2, 0) is 0 Å². The number of benzene rings is 9. The van der Waals surface area contributed by atoms with E-state index < -0.39 is 0 Å². The summed E-state index contributed by atoms with van der Waals surface area (Å²) in [7, 11) is 0. The molecule has 0 saturated heterocycles. The Balaban J connectivity index is 1.19. The number of para-hydroxylation sites is 1. The quantitative estimate of drug-likeness (QED) is 0.146. The lowest BCUT2D eigenvalue weighted by molar-refractivity contribution is 0.669. The summed E-state index contributed by atoms with van der Waals surface area (Å²) in [6.45, 7) is 0. The summed E-state index contributed by atoms with van der Waals surface area (Å²) in [5.74, 6) is 0. The lowest BCUT2D eigenvalue weighted by Gasteiger charge is -2.18. The number of fused-ring (bicyclic) bond motifs is 8. The topological polar surface area (TPSA) is 13.1 Å². The second-order valence-electron chi connectivity index (χ2n) is 12.4. The summed E-state index contributed by atoms with van der Waals surface area (Å²) in [5, 5.41) is 12.4. The van der Waals surface area contributed by atoms with Crippen LogP contribution in [0.1, 0.15) is 0 Å². The monoisotopic (exact) mass is 596 g/mol. The number of furan rings is 1. The zero-order chi connectivity index (χ0) is 30.9. The molecule has 0 fully saturated rings. The van der Waals surface area contributed by atoms with Gasteiger partial charge in [-0.2, -0.15) is 0 Å². The van der Waals surface area contributed by atoms with E-state index in [0.29, 0.717) is 0 Å². The first-order chi connectivity index (χ1) is 23.3. The van der Waals surface area contributed by atoms with Crippen LogP contribution < -0.4 is 0 Å². The molecular formula is C46H28O. The van der Waals surface area contributed by atoms with Gasteiger partial charge in [0, 0.05) is 10.8 Å². The third-order valence-electron chi connectivity index (χ3n) is 9.85. The summed E-state index contributed by atoms with van der Waals surface area (Å²) in [5.41, 5.74) is 9.26. The molecule has 0 spiro atoms. The lowest BCUT2D eigenvalue weighted by Crippen LogP contribution is -1.91. The van der Waals surface area contributed by atoms with Crippen molar-refractivity contribution in [1.29, 1.82) is 0 Å². The van der Waals surface area contributed by atoms with Gasteiger partial charge in [0.1, 0.15) is 11.2 Å². The Morgan fingerprint density at radius 3 is 1.43 bits per heavy atom. The van der Waals surface area contributed by atoms with Gasteiger partial charge in [-0.25, -0.2) is 0 Å². The molecule has 0 aliphatic carbocycles. The van der Waals surface area contributed by atoms with Crippen molar-refractivity contribution >= 4 is 65.0 Å². The zero-order valence-electron chi connectivity index (χ0n) is 25.6. The number of hydrogen-bond donors (Lipinski definition) is 0. The Kier molecular flexibility index (Phi) is 5.64. The Bertz CT molecular complexity index is 2780. The molecule has 10 rings (SSSR count). The van der Waals surface area contributed by atoms with Crippen LogP contribution in [0.25, 0.3) is 98.4 Å². The van der Waals surface area contributed by atoms with Gasteiger partial charge in [0.15, 0.2) is 0 Å². The minimum Gasteiger partial charge on any atom is -0.456 e. The van der Waals surface area contributed by atoms with Crippen molar-refractivity contribution in [3.05, 3.63) is 170 Å². The van der Waals surface area contributed by atoms with E-state index >= 15 is 0 Å². The van der Waals surface area contributed by atoms with Crippen LogP contribution in [0, 0.1) is 0 Å². The van der Waals surface area contributed by atoms with Gasteiger partial charge in [0.05, 0.1) is 0 Å². The van der Waals surface area contributed by atoms with Crippen molar-refractivity contribution in [3.8, 4) is 33.4 Å². The van der Waals surface area contributed by atoms with Crippen LogP contribution in [0.15, 0.2) is 174 Å². The minimum absolute atomic E-state index is 0.916. The van der Waals surface area contributed by atoms with Gasteiger partial charge in [0.2, 0.25) is 0 Å². The van der Waals surface area contributed by atoms with Crippen molar-refractivity contribution in [2.75, 3.05) is 0 Å². The second-order valence-corrected chi connectivity index (χ2v) is 12.4. The van der Waals surface area contributed by atoms with Crippen LogP contribution in [-0.4, -0.2) is 0 Å². The molecule has 1 nitrogen and oxygen atoms in total. The van der Waals surface area contributed by atoms with Crippen LogP contribution in [0.5, 0.6) is 0 Å². The van der Waals surface area contributed by atoms with Gasteiger partial charge in [-0.1, -0.05) is 146 Å². The average molecular weight is 597 g/mol. The van der Waals surface area contributed by atoms with Crippen molar-refractivity contribution in [1.82, 2.24) is 0 Å². The molecule has 47 heavy (non-hydrogen) atoms. The molecule has 0 N–H and O–H groups in total. The van der Waals surface area contributed by atoms with E-state index in [2.05, 4.69) is 158 Å². The van der Waals surface area contributed by atoms with Crippen LogP contribution in [0.4, 0.5) is 0 Å². The summed E-state index contributed by atoms with van der Waals surface area (Å²) in [4.78, 5) is 0. The van der Waals surface area contributed by atoms with E-state index in [0.717, 1.165) is 21.9 Å². The highest BCUT2D eigenvalue weighted by Crippen LogP contribution is 2.45. The van der Waals surface area contributed by atoms with Crippen LogP contribution >= 0.6 is 0 Å². The van der Waals surface area contributed by atoms with Gasteiger partial charge >= 0.3 is 0 Å². The summed E-state index contributed by atoms with van der Waals surface area (Å²) < 4.78 is 6.18. The minimum atomic E-state index is 0.916. The van der Waals surface area contributed by atoms with E-state index in [9.17, 15) is 0 Å². The van der Waals surface area contributed by atoms with Crippen molar-refractivity contribution in [2.24, 2.45) is 0 Å². The molecule has 218 valence electrons. The number of hydrogen-bond acceptors (Lipinski definition) is 1. The molecule has 0 saturated carbocycles. The smallest absolute Gasteiger partial charge is 0.135 e. The van der Waals surface area contributed by atoms with Gasteiger partial charge in [-0.3, -0.25) is 0 Å². The molecule has 0 atom stereocenters. The highest BCUT2D eigenvalue weighted by atomic mass is 16.3. The molecule has 0 amide bonds. The largest absolute Gasteiger partial charge is 0.456 e. The fraction of sp³-hybridized carbons (Fsp3) is 0. The lowest BCUT2D eigenvalue weighted by atomic mass is 9.85. The molecule has 10 aromatic rings. The van der Waals surface area contributed by atoms with Crippen molar-refractivity contribution in [3.63, 3.8) is 0 Å². The zero-order valence-corrected chi connectivity index (χ0v) is 25.6. The third-order valence-corrected chi connectivity index (χ3v) is 9.85. The highest BCUT2D eigenvalue weighted by molar-refractivity contribution is 6.22. The Labute approximate surface area is 271 Å². The summed E-state index contributed by atoms with van der Waals surface area (Å²) in [6, 6.07) is 61.6. The second kappa shape index (κ2) is 10.2. The van der Waals surface area contributed by atoms with Gasteiger partial charge in [-0.05, 0) is 101 Å². The summed E-state index contributed by atoms with van der Waals surface area (Å²) in [6.07, 6.45) is 0. The normalized spacial score (nSPS) is 11.8. The maximum absolute atomic E-state index is 6.18. The van der Waals surface area contributed by atoms with E-state index in [4.69, 9.17) is 4.42 Å². The number of rotatable bonds is 3. The molecule has 9 aromatic carbocycles. The Morgan fingerprint density at radius 1 is 0.277 bits per heavy atom. The van der Waals surface area contributed by atoms with E-state index in [1.54, 1.807) is 0 Å². The van der Waals surface area contributed by atoms with E-state index in [-0.39, 0.29) is 0 Å².